The second-order valence-corrected chi connectivity index (χ2v) is 4.74. The van der Waals surface area contributed by atoms with Gasteiger partial charge in [-0.05, 0) is 32.0 Å². The predicted molar refractivity (Wildman–Crippen MR) is 75.1 cm³/mol. The molecule has 0 saturated heterocycles. The zero-order valence-electron chi connectivity index (χ0n) is 11.7. The molecule has 0 spiro atoms. The maximum Gasteiger partial charge on any atom is 0.308 e. The van der Waals surface area contributed by atoms with Gasteiger partial charge in [-0.3, -0.25) is 14.6 Å². The summed E-state index contributed by atoms with van der Waals surface area (Å²) >= 11 is 0. The van der Waals surface area contributed by atoms with Crippen LogP contribution in [0.5, 0.6) is 0 Å². The molecule has 2 atom stereocenters. The van der Waals surface area contributed by atoms with Crippen molar-refractivity contribution in [2.75, 3.05) is 0 Å². The highest BCUT2D eigenvalue weighted by molar-refractivity contribution is 5.93. The molecule has 2 heterocycles. The van der Waals surface area contributed by atoms with E-state index in [0.29, 0.717) is 5.69 Å². The van der Waals surface area contributed by atoms with E-state index in [2.05, 4.69) is 15.4 Å². The van der Waals surface area contributed by atoms with E-state index < -0.39 is 23.8 Å². The van der Waals surface area contributed by atoms with Crippen LogP contribution < -0.4 is 5.32 Å². The number of aliphatic carboxylic acids is 1. The van der Waals surface area contributed by atoms with E-state index in [4.69, 9.17) is 5.11 Å². The van der Waals surface area contributed by atoms with Gasteiger partial charge >= 0.3 is 5.97 Å². The second-order valence-electron chi connectivity index (χ2n) is 4.74. The summed E-state index contributed by atoms with van der Waals surface area (Å²) in [6, 6.07) is 4.61. The molecule has 2 N–H and O–H groups in total. The van der Waals surface area contributed by atoms with Crippen LogP contribution in [-0.2, 0) is 4.79 Å². The number of hydrogen-bond donors (Lipinski definition) is 2. The number of pyridine rings is 1. The first-order valence-corrected chi connectivity index (χ1v) is 6.49. The van der Waals surface area contributed by atoms with Gasteiger partial charge in [-0.1, -0.05) is 0 Å². The Bertz CT molecular complexity index is 639. The van der Waals surface area contributed by atoms with E-state index in [-0.39, 0.29) is 5.69 Å². The lowest BCUT2D eigenvalue weighted by molar-refractivity contribution is -0.141. The van der Waals surface area contributed by atoms with Gasteiger partial charge in [0, 0.05) is 24.6 Å². The van der Waals surface area contributed by atoms with E-state index in [1.807, 2.05) is 0 Å². The number of carboxylic acid groups (broad SMARTS) is 1. The summed E-state index contributed by atoms with van der Waals surface area (Å²) in [7, 11) is 0. The Hall–Kier alpha value is -2.70. The van der Waals surface area contributed by atoms with Crippen LogP contribution >= 0.6 is 0 Å². The summed E-state index contributed by atoms with van der Waals surface area (Å²) in [6.45, 7) is 3.19. The van der Waals surface area contributed by atoms with Gasteiger partial charge in [-0.2, -0.15) is 5.10 Å². The third-order valence-electron chi connectivity index (χ3n) is 3.24. The van der Waals surface area contributed by atoms with Gasteiger partial charge < -0.3 is 10.4 Å². The minimum atomic E-state index is -0.957. The van der Waals surface area contributed by atoms with E-state index >= 15 is 0 Å². The number of carbonyl (C=O) groups excluding carboxylic acids is 1. The minimum absolute atomic E-state index is 0.215. The fourth-order valence-electron chi connectivity index (χ4n) is 1.73. The van der Waals surface area contributed by atoms with Gasteiger partial charge in [0.2, 0.25) is 0 Å². The Labute approximate surface area is 121 Å². The molecule has 2 aromatic rings. The van der Waals surface area contributed by atoms with Gasteiger partial charge in [0.05, 0.1) is 11.6 Å². The van der Waals surface area contributed by atoms with Gasteiger partial charge in [-0.25, -0.2) is 4.68 Å². The van der Waals surface area contributed by atoms with Crippen LogP contribution in [0, 0.1) is 5.92 Å². The molecule has 0 aliphatic rings. The lowest BCUT2D eigenvalue weighted by atomic mass is 10.0. The molecule has 2 unspecified atom stereocenters. The molecule has 21 heavy (non-hydrogen) atoms. The van der Waals surface area contributed by atoms with E-state index in [1.165, 1.54) is 6.20 Å². The first-order chi connectivity index (χ1) is 9.99. The molecule has 0 aromatic carbocycles. The van der Waals surface area contributed by atoms with Crippen LogP contribution in [0.25, 0.3) is 5.69 Å². The van der Waals surface area contributed by atoms with E-state index in [0.717, 1.165) is 0 Å². The minimum Gasteiger partial charge on any atom is -0.481 e. The Morgan fingerprint density at radius 2 is 2.10 bits per heavy atom. The summed E-state index contributed by atoms with van der Waals surface area (Å²) in [5, 5.41) is 15.6. The summed E-state index contributed by atoms with van der Waals surface area (Å²) in [5.74, 6) is -2.05. The zero-order valence-corrected chi connectivity index (χ0v) is 11.7. The Morgan fingerprint density at radius 1 is 1.33 bits per heavy atom. The summed E-state index contributed by atoms with van der Waals surface area (Å²) in [4.78, 5) is 27.0. The highest BCUT2D eigenvalue weighted by atomic mass is 16.4. The van der Waals surface area contributed by atoms with Gasteiger partial charge in [0.15, 0.2) is 0 Å². The SMILES string of the molecule is CC(NC(=O)c1cc(-n2cccn2)ccn1)C(C)C(=O)O. The van der Waals surface area contributed by atoms with Gasteiger partial charge in [0.1, 0.15) is 5.69 Å². The van der Waals surface area contributed by atoms with Crippen molar-refractivity contribution in [2.45, 2.75) is 19.9 Å². The van der Waals surface area contributed by atoms with Crippen LogP contribution in [0.15, 0.2) is 36.8 Å². The van der Waals surface area contributed by atoms with E-state index in [9.17, 15) is 9.59 Å². The average Bonchev–Trinajstić information content (AvgIpc) is 3.00. The fraction of sp³-hybridized carbons (Fsp3) is 0.286. The van der Waals surface area contributed by atoms with Crippen LogP contribution in [0.2, 0.25) is 0 Å². The predicted octanol–water partition coefficient (Wildman–Crippen LogP) is 1.11. The molecule has 0 fully saturated rings. The molecule has 2 rings (SSSR count). The fourth-order valence-corrected chi connectivity index (χ4v) is 1.73. The molecule has 0 saturated carbocycles. The topological polar surface area (TPSA) is 97.1 Å². The standard InChI is InChI=1S/C14H16N4O3/c1-9(14(20)21)10(2)17-13(19)12-8-11(4-6-15-12)18-7-3-5-16-18/h3-10H,1-2H3,(H,17,19)(H,20,21). The second kappa shape index (κ2) is 6.17. The number of amides is 1. The summed E-state index contributed by atoms with van der Waals surface area (Å²) in [6.07, 6.45) is 4.90. The molecular weight excluding hydrogens is 272 g/mol. The molecule has 0 radical (unpaired) electrons. The van der Waals surface area contributed by atoms with Crippen LogP contribution in [0.3, 0.4) is 0 Å². The highest BCUT2D eigenvalue weighted by Crippen LogP contribution is 2.08. The molecule has 1 amide bonds. The van der Waals surface area contributed by atoms with Crippen LogP contribution in [0.4, 0.5) is 0 Å². The van der Waals surface area contributed by atoms with Gasteiger partial charge in [-0.15, -0.1) is 0 Å². The molecule has 7 nitrogen and oxygen atoms in total. The van der Waals surface area contributed by atoms with Crippen molar-refractivity contribution in [3.8, 4) is 5.69 Å². The lowest BCUT2D eigenvalue weighted by Crippen LogP contribution is -2.40. The van der Waals surface area contributed by atoms with Crippen molar-refractivity contribution < 1.29 is 14.7 Å². The molecule has 7 heteroatoms. The van der Waals surface area contributed by atoms with Crippen molar-refractivity contribution >= 4 is 11.9 Å². The van der Waals surface area contributed by atoms with Crippen molar-refractivity contribution in [2.24, 2.45) is 5.92 Å². The quantitative estimate of drug-likeness (QED) is 0.859. The third-order valence-corrected chi connectivity index (χ3v) is 3.24. The average molecular weight is 288 g/mol. The van der Waals surface area contributed by atoms with E-state index in [1.54, 1.807) is 49.1 Å². The monoisotopic (exact) mass is 288 g/mol. The van der Waals surface area contributed by atoms with Crippen LogP contribution in [0.1, 0.15) is 24.3 Å². The van der Waals surface area contributed by atoms with Gasteiger partial charge in [0.25, 0.3) is 5.91 Å². The number of hydrogen-bond acceptors (Lipinski definition) is 4. The third kappa shape index (κ3) is 3.44. The number of carbonyl (C=O) groups is 2. The molecule has 110 valence electrons. The normalized spacial score (nSPS) is 13.4. The molecule has 0 aliphatic carbocycles. The smallest absolute Gasteiger partial charge is 0.308 e. The largest absolute Gasteiger partial charge is 0.481 e. The number of nitrogens with zero attached hydrogens (tertiary/aromatic N) is 3. The number of carboxylic acids is 1. The number of rotatable bonds is 5. The number of aromatic nitrogens is 3. The van der Waals surface area contributed by atoms with Crippen molar-refractivity contribution in [1.82, 2.24) is 20.1 Å². The lowest BCUT2D eigenvalue weighted by Gasteiger charge is -2.17. The Kier molecular flexibility index (Phi) is 4.32. The molecule has 2 aromatic heterocycles. The Balaban J connectivity index is 2.13. The molecule has 0 bridgehead atoms. The first-order valence-electron chi connectivity index (χ1n) is 6.49. The van der Waals surface area contributed by atoms with Crippen molar-refractivity contribution in [3.63, 3.8) is 0 Å². The zero-order chi connectivity index (χ0) is 15.4. The first kappa shape index (κ1) is 14.7. The maximum absolute atomic E-state index is 12.1. The highest BCUT2D eigenvalue weighted by Gasteiger charge is 2.22. The van der Waals surface area contributed by atoms with Crippen molar-refractivity contribution in [3.05, 3.63) is 42.5 Å². The van der Waals surface area contributed by atoms with Crippen molar-refractivity contribution in [1.29, 1.82) is 0 Å². The molecular formula is C14H16N4O3. The summed E-state index contributed by atoms with van der Waals surface area (Å²) in [5.41, 5.74) is 0.923. The maximum atomic E-state index is 12.1. The molecule has 0 aliphatic heterocycles. The Morgan fingerprint density at radius 3 is 2.71 bits per heavy atom. The number of nitrogens with one attached hydrogen (secondary N) is 1. The summed E-state index contributed by atoms with van der Waals surface area (Å²) < 4.78 is 1.61. The van der Waals surface area contributed by atoms with Crippen LogP contribution in [-0.4, -0.2) is 37.8 Å².